The summed E-state index contributed by atoms with van der Waals surface area (Å²) in [6.45, 7) is 2.20. The predicted molar refractivity (Wildman–Crippen MR) is 109 cm³/mol. The number of benzene rings is 1. The number of nitrogens with zero attached hydrogens (tertiary/aromatic N) is 6. The van der Waals surface area contributed by atoms with Gasteiger partial charge in [-0.25, -0.2) is 0 Å². The second kappa shape index (κ2) is 9.15. The van der Waals surface area contributed by atoms with Crippen LogP contribution in [0.2, 0.25) is 0 Å². The summed E-state index contributed by atoms with van der Waals surface area (Å²) in [5.74, 6) is 0.647. The van der Waals surface area contributed by atoms with Gasteiger partial charge in [-0.05, 0) is 31.2 Å². The van der Waals surface area contributed by atoms with E-state index in [1.54, 1.807) is 17.3 Å². The molecule has 2 heterocycles. The average Bonchev–Trinajstić information content (AvgIpc) is 3.09. The number of nitriles is 1. The van der Waals surface area contributed by atoms with Gasteiger partial charge in [0.05, 0.1) is 17.7 Å². The highest BCUT2D eigenvalue weighted by Crippen LogP contribution is 2.27. The number of amides is 1. The van der Waals surface area contributed by atoms with Crippen LogP contribution in [0.5, 0.6) is 0 Å². The van der Waals surface area contributed by atoms with Crippen molar-refractivity contribution in [2.45, 2.75) is 23.8 Å². The minimum atomic E-state index is -0.382. The Morgan fingerprint density at radius 1 is 1.21 bits per heavy atom. The molecule has 0 spiro atoms. The topological polar surface area (TPSA) is 87.7 Å². The molecule has 28 heavy (non-hydrogen) atoms. The number of hydrogen-bond acceptors (Lipinski definition) is 6. The zero-order chi connectivity index (χ0) is 19.9. The molecule has 0 aliphatic rings. The number of thioether (sulfide) groups is 1. The van der Waals surface area contributed by atoms with Gasteiger partial charge in [-0.1, -0.05) is 30.0 Å². The number of rotatable bonds is 7. The summed E-state index contributed by atoms with van der Waals surface area (Å²) in [7, 11) is 1.87. The summed E-state index contributed by atoms with van der Waals surface area (Å²) >= 11 is 1.35. The predicted octanol–water partition coefficient (Wildman–Crippen LogP) is 3.30. The summed E-state index contributed by atoms with van der Waals surface area (Å²) in [6.07, 6.45) is 3.68. The van der Waals surface area contributed by atoms with Crippen LogP contribution in [0.4, 0.5) is 5.69 Å². The fraction of sp³-hybridized carbons (Fsp3) is 0.250. The molecule has 142 valence electrons. The molecule has 0 unspecified atom stereocenters. The number of pyridine rings is 1. The highest BCUT2D eigenvalue weighted by Gasteiger charge is 2.25. The standard InChI is InChI=1S/C20H20N6OS/c1-15(19(27)26(14-6-11-21)17-7-4-3-5-8-17)28-20-24-23-18(25(20)2)16-9-12-22-13-10-16/h3-5,7-10,12-13,15H,6,14H2,1-2H3/t15-/m0/s1. The van der Waals surface area contributed by atoms with Crippen molar-refractivity contribution in [1.82, 2.24) is 19.7 Å². The molecule has 1 atom stereocenters. The molecule has 7 nitrogen and oxygen atoms in total. The minimum absolute atomic E-state index is 0.0695. The third kappa shape index (κ3) is 4.38. The SMILES string of the molecule is C[C@H](Sc1nnc(-c2ccncc2)n1C)C(=O)N(CCC#N)c1ccccc1. The maximum absolute atomic E-state index is 13.1. The van der Waals surface area contributed by atoms with Gasteiger partial charge in [0.25, 0.3) is 0 Å². The van der Waals surface area contributed by atoms with Crippen molar-refractivity contribution in [1.29, 1.82) is 5.26 Å². The summed E-state index contributed by atoms with van der Waals surface area (Å²) in [4.78, 5) is 18.7. The van der Waals surface area contributed by atoms with Crippen molar-refractivity contribution in [3.63, 3.8) is 0 Å². The van der Waals surface area contributed by atoms with Crippen LogP contribution >= 0.6 is 11.8 Å². The third-order valence-electron chi connectivity index (χ3n) is 4.18. The van der Waals surface area contributed by atoms with Gasteiger partial charge >= 0.3 is 0 Å². The van der Waals surface area contributed by atoms with Crippen molar-refractivity contribution in [3.05, 3.63) is 54.9 Å². The number of carbonyl (C=O) groups excluding carboxylic acids is 1. The molecule has 0 fully saturated rings. The van der Waals surface area contributed by atoms with Crippen LogP contribution < -0.4 is 4.90 Å². The van der Waals surface area contributed by atoms with Gasteiger partial charge in [0.2, 0.25) is 5.91 Å². The van der Waals surface area contributed by atoms with Gasteiger partial charge in [0.1, 0.15) is 0 Å². The van der Waals surface area contributed by atoms with Crippen LogP contribution in [0, 0.1) is 11.3 Å². The van der Waals surface area contributed by atoms with Gasteiger partial charge in [-0.3, -0.25) is 9.78 Å². The molecule has 0 aliphatic carbocycles. The monoisotopic (exact) mass is 392 g/mol. The van der Waals surface area contributed by atoms with E-state index in [0.717, 1.165) is 11.3 Å². The first kappa shape index (κ1) is 19.6. The largest absolute Gasteiger partial charge is 0.310 e. The number of anilines is 1. The summed E-state index contributed by atoms with van der Waals surface area (Å²) < 4.78 is 1.87. The molecule has 8 heteroatoms. The highest BCUT2D eigenvalue weighted by molar-refractivity contribution is 8.00. The molecule has 0 N–H and O–H groups in total. The molecule has 1 amide bonds. The lowest BCUT2D eigenvalue weighted by molar-refractivity contribution is -0.117. The van der Waals surface area contributed by atoms with Crippen LogP contribution in [-0.2, 0) is 11.8 Å². The minimum Gasteiger partial charge on any atom is -0.310 e. The van der Waals surface area contributed by atoms with Crippen LogP contribution in [0.3, 0.4) is 0 Å². The average molecular weight is 392 g/mol. The Kier molecular flexibility index (Phi) is 6.40. The fourth-order valence-corrected chi connectivity index (χ4v) is 3.61. The van der Waals surface area contributed by atoms with Gasteiger partial charge < -0.3 is 9.47 Å². The maximum Gasteiger partial charge on any atom is 0.240 e. The van der Waals surface area contributed by atoms with E-state index in [9.17, 15) is 4.79 Å². The molecule has 3 rings (SSSR count). The van der Waals surface area contributed by atoms with E-state index in [4.69, 9.17) is 5.26 Å². The van der Waals surface area contributed by atoms with Crippen LogP contribution in [0.1, 0.15) is 13.3 Å². The quantitative estimate of drug-likeness (QED) is 0.573. The third-order valence-corrected chi connectivity index (χ3v) is 5.31. The van der Waals surface area contributed by atoms with E-state index in [1.807, 2.05) is 61.0 Å². The van der Waals surface area contributed by atoms with E-state index in [-0.39, 0.29) is 17.6 Å². The zero-order valence-corrected chi connectivity index (χ0v) is 16.5. The van der Waals surface area contributed by atoms with Gasteiger partial charge in [-0.15, -0.1) is 10.2 Å². The second-order valence-corrected chi connectivity index (χ2v) is 7.40. The van der Waals surface area contributed by atoms with Crippen molar-refractivity contribution in [3.8, 4) is 17.5 Å². The highest BCUT2D eigenvalue weighted by atomic mass is 32.2. The van der Waals surface area contributed by atoms with Crippen LogP contribution in [-0.4, -0.2) is 37.5 Å². The summed E-state index contributed by atoms with van der Waals surface area (Å²) in [5, 5.41) is 17.7. The first-order valence-electron chi connectivity index (χ1n) is 8.81. The molecule has 0 saturated carbocycles. The number of carbonyl (C=O) groups is 1. The molecule has 0 radical (unpaired) electrons. The lowest BCUT2D eigenvalue weighted by Crippen LogP contribution is -2.37. The van der Waals surface area contributed by atoms with E-state index in [2.05, 4.69) is 21.3 Å². The van der Waals surface area contributed by atoms with Crippen molar-refractivity contribution >= 4 is 23.4 Å². The van der Waals surface area contributed by atoms with Crippen molar-refractivity contribution in [2.75, 3.05) is 11.4 Å². The Hall–Kier alpha value is -3.18. The number of hydrogen-bond donors (Lipinski definition) is 0. The smallest absolute Gasteiger partial charge is 0.240 e. The van der Waals surface area contributed by atoms with Gasteiger partial charge in [0, 0.05) is 37.2 Å². The maximum atomic E-state index is 13.1. The Labute approximate surface area is 168 Å². The summed E-state index contributed by atoms with van der Waals surface area (Å²) in [5.41, 5.74) is 1.70. The lowest BCUT2D eigenvalue weighted by Gasteiger charge is -2.24. The van der Waals surface area contributed by atoms with E-state index in [1.165, 1.54) is 11.8 Å². The first-order chi connectivity index (χ1) is 13.6. The Morgan fingerprint density at radius 3 is 2.61 bits per heavy atom. The zero-order valence-electron chi connectivity index (χ0n) is 15.7. The molecule has 3 aromatic rings. The Bertz CT molecular complexity index is 967. The molecule has 0 aliphatic heterocycles. The van der Waals surface area contributed by atoms with Crippen LogP contribution in [0.25, 0.3) is 11.4 Å². The van der Waals surface area contributed by atoms with Gasteiger partial charge in [-0.2, -0.15) is 5.26 Å². The van der Waals surface area contributed by atoms with Crippen molar-refractivity contribution < 1.29 is 4.79 Å². The molecule has 0 bridgehead atoms. The number of aromatic nitrogens is 4. The lowest BCUT2D eigenvalue weighted by atomic mass is 10.2. The second-order valence-electron chi connectivity index (χ2n) is 6.09. The molecular weight excluding hydrogens is 372 g/mol. The Balaban J connectivity index is 1.78. The molecule has 0 saturated heterocycles. The van der Waals surface area contributed by atoms with E-state index in [0.29, 0.717) is 17.5 Å². The molecule has 2 aromatic heterocycles. The Morgan fingerprint density at radius 2 is 1.93 bits per heavy atom. The van der Waals surface area contributed by atoms with E-state index >= 15 is 0 Å². The molecule has 1 aromatic carbocycles. The first-order valence-corrected chi connectivity index (χ1v) is 9.69. The van der Waals surface area contributed by atoms with Crippen LogP contribution in [0.15, 0.2) is 60.0 Å². The fourth-order valence-electron chi connectivity index (χ4n) is 2.73. The van der Waals surface area contributed by atoms with E-state index < -0.39 is 0 Å². The summed E-state index contributed by atoms with van der Waals surface area (Å²) in [6, 6.07) is 15.2. The number of para-hydroxylation sites is 1. The van der Waals surface area contributed by atoms with Crippen molar-refractivity contribution in [2.24, 2.45) is 7.05 Å². The van der Waals surface area contributed by atoms with Gasteiger partial charge in [0.15, 0.2) is 11.0 Å². The molecular formula is C20H20N6OS. The normalized spacial score (nSPS) is 11.6.